The first kappa shape index (κ1) is 17.1. The number of ether oxygens (including phenoxy) is 2. The zero-order valence-electron chi connectivity index (χ0n) is 14.9. The van der Waals surface area contributed by atoms with Crippen molar-refractivity contribution in [1.82, 2.24) is 9.80 Å². The molecular weight excluding hydrogens is 332 g/mol. The number of carbonyl (C=O) groups is 2. The summed E-state index contributed by atoms with van der Waals surface area (Å²) >= 11 is 0. The summed E-state index contributed by atoms with van der Waals surface area (Å²) < 4.78 is 11.0. The third kappa shape index (κ3) is 3.46. The van der Waals surface area contributed by atoms with Crippen LogP contribution in [0, 0.1) is 5.92 Å². The van der Waals surface area contributed by atoms with E-state index in [2.05, 4.69) is 0 Å². The minimum absolute atomic E-state index is 0.0148. The summed E-state index contributed by atoms with van der Waals surface area (Å²) in [7, 11) is 0. The van der Waals surface area contributed by atoms with Gasteiger partial charge in [0.25, 0.3) is 5.91 Å². The number of benzene rings is 1. The lowest BCUT2D eigenvalue weighted by molar-refractivity contribution is -0.143. The van der Waals surface area contributed by atoms with Gasteiger partial charge in [0.2, 0.25) is 5.91 Å². The van der Waals surface area contributed by atoms with Gasteiger partial charge in [0.05, 0.1) is 24.7 Å². The van der Waals surface area contributed by atoms with E-state index in [1.165, 1.54) is 0 Å². The Balaban J connectivity index is 1.43. The van der Waals surface area contributed by atoms with Crippen molar-refractivity contribution in [3.05, 3.63) is 35.4 Å². The quantitative estimate of drug-likeness (QED) is 0.807. The van der Waals surface area contributed by atoms with Gasteiger partial charge in [-0.1, -0.05) is 18.2 Å². The highest BCUT2D eigenvalue weighted by Crippen LogP contribution is 2.28. The molecule has 0 bridgehead atoms. The normalized spacial score (nSPS) is 22.9. The second kappa shape index (κ2) is 7.50. The predicted molar refractivity (Wildman–Crippen MR) is 96.6 cm³/mol. The number of fused-ring (bicyclic) bond motifs is 1. The van der Waals surface area contributed by atoms with Crippen LogP contribution in [-0.2, 0) is 14.3 Å². The molecule has 3 aliphatic rings. The van der Waals surface area contributed by atoms with E-state index in [1.54, 1.807) is 0 Å². The topological polar surface area (TPSA) is 59.1 Å². The SMILES string of the molecule is O=C(C1=Cc2ccccc2OC1)N1CCCC(C(=O)N2CCOCC2)C1. The van der Waals surface area contributed by atoms with Crippen molar-refractivity contribution < 1.29 is 19.1 Å². The number of amides is 2. The third-order valence-electron chi connectivity index (χ3n) is 5.29. The highest BCUT2D eigenvalue weighted by Gasteiger charge is 2.33. The van der Waals surface area contributed by atoms with Gasteiger partial charge in [-0.25, -0.2) is 0 Å². The van der Waals surface area contributed by atoms with Gasteiger partial charge in [-0.3, -0.25) is 9.59 Å². The van der Waals surface area contributed by atoms with Crippen LogP contribution >= 0.6 is 0 Å². The van der Waals surface area contributed by atoms with Crippen LogP contribution in [0.25, 0.3) is 6.08 Å². The van der Waals surface area contributed by atoms with Gasteiger partial charge in [0, 0.05) is 31.7 Å². The van der Waals surface area contributed by atoms with Crippen molar-refractivity contribution in [3.8, 4) is 5.75 Å². The van der Waals surface area contributed by atoms with Gasteiger partial charge >= 0.3 is 0 Å². The largest absolute Gasteiger partial charge is 0.488 e. The molecule has 3 heterocycles. The van der Waals surface area contributed by atoms with Crippen LogP contribution in [0.3, 0.4) is 0 Å². The van der Waals surface area contributed by atoms with Crippen molar-refractivity contribution in [1.29, 1.82) is 0 Å². The van der Waals surface area contributed by atoms with E-state index in [1.807, 2.05) is 40.1 Å². The van der Waals surface area contributed by atoms with Gasteiger partial charge in [-0.15, -0.1) is 0 Å². The Labute approximate surface area is 153 Å². The average Bonchev–Trinajstić information content (AvgIpc) is 2.73. The summed E-state index contributed by atoms with van der Waals surface area (Å²) in [6.07, 6.45) is 3.62. The zero-order chi connectivity index (χ0) is 17.9. The zero-order valence-corrected chi connectivity index (χ0v) is 14.9. The molecule has 1 aromatic carbocycles. The van der Waals surface area contributed by atoms with E-state index >= 15 is 0 Å². The molecule has 0 radical (unpaired) electrons. The van der Waals surface area contributed by atoms with Crippen LogP contribution in [-0.4, -0.2) is 67.6 Å². The van der Waals surface area contributed by atoms with E-state index < -0.39 is 0 Å². The molecule has 138 valence electrons. The summed E-state index contributed by atoms with van der Waals surface area (Å²) in [6.45, 7) is 3.99. The van der Waals surface area contributed by atoms with E-state index in [9.17, 15) is 9.59 Å². The number of hydrogen-bond donors (Lipinski definition) is 0. The lowest BCUT2D eigenvalue weighted by Gasteiger charge is -2.36. The Morgan fingerprint density at radius 3 is 2.69 bits per heavy atom. The lowest BCUT2D eigenvalue weighted by atomic mass is 9.95. The molecule has 0 aliphatic carbocycles. The number of nitrogens with zero attached hydrogens (tertiary/aromatic N) is 2. The fraction of sp³-hybridized carbons (Fsp3) is 0.500. The van der Waals surface area contributed by atoms with Gasteiger partial charge in [0.1, 0.15) is 12.4 Å². The maximum Gasteiger partial charge on any atom is 0.253 e. The molecule has 2 amide bonds. The maximum atomic E-state index is 12.9. The summed E-state index contributed by atoms with van der Waals surface area (Å²) in [5, 5.41) is 0. The van der Waals surface area contributed by atoms with Gasteiger partial charge < -0.3 is 19.3 Å². The van der Waals surface area contributed by atoms with Crippen molar-refractivity contribution in [2.45, 2.75) is 12.8 Å². The predicted octanol–water partition coefficient (Wildman–Crippen LogP) is 1.56. The van der Waals surface area contributed by atoms with Gasteiger partial charge in [-0.05, 0) is 25.0 Å². The maximum absolute atomic E-state index is 12.9. The van der Waals surface area contributed by atoms with Crippen LogP contribution in [0.2, 0.25) is 0 Å². The van der Waals surface area contributed by atoms with Crippen LogP contribution in [0.15, 0.2) is 29.8 Å². The van der Waals surface area contributed by atoms with Crippen molar-refractivity contribution in [3.63, 3.8) is 0 Å². The van der Waals surface area contributed by atoms with Gasteiger partial charge in [-0.2, -0.15) is 0 Å². The molecule has 6 nitrogen and oxygen atoms in total. The molecule has 1 unspecified atom stereocenters. The fourth-order valence-corrected chi connectivity index (χ4v) is 3.85. The van der Waals surface area contributed by atoms with Crippen molar-refractivity contribution in [2.24, 2.45) is 5.92 Å². The second-order valence-electron chi connectivity index (χ2n) is 7.02. The highest BCUT2D eigenvalue weighted by atomic mass is 16.5. The van der Waals surface area contributed by atoms with Crippen LogP contribution in [0.5, 0.6) is 5.75 Å². The molecule has 0 aromatic heterocycles. The number of likely N-dealkylation sites (tertiary alicyclic amines) is 1. The molecule has 6 heteroatoms. The van der Waals surface area contributed by atoms with Crippen molar-refractivity contribution in [2.75, 3.05) is 46.0 Å². The lowest BCUT2D eigenvalue weighted by Crippen LogP contribution is -2.50. The molecule has 2 fully saturated rings. The Kier molecular flexibility index (Phi) is 4.93. The molecule has 3 aliphatic heterocycles. The Hall–Kier alpha value is -2.34. The summed E-state index contributed by atoms with van der Waals surface area (Å²) in [5.41, 5.74) is 1.59. The first-order valence-electron chi connectivity index (χ1n) is 9.30. The standard InChI is InChI=1S/C20H24N2O4/c23-19(21-8-10-25-11-9-21)16-5-3-7-22(13-16)20(24)17-12-15-4-1-2-6-18(15)26-14-17/h1-2,4,6,12,16H,3,5,7-11,13-14H2. The summed E-state index contributed by atoms with van der Waals surface area (Å²) in [4.78, 5) is 29.4. The van der Waals surface area contributed by atoms with Gasteiger partial charge in [0.15, 0.2) is 0 Å². The van der Waals surface area contributed by atoms with E-state index in [-0.39, 0.29) is 24.3 Å². The van der Waals surface area contributed by atoms with Crippen molar-refractivity contribution >= 4 is 17.9 Å². The van der Waals surface area contributed by atoms with E-state index in [4.69, 9.17) is 9.47 Å². The van der Waals surface area contributed by atoms with E-state index in [0.717, 1.165) is 24.2 Å². The number of hydrogen-bond acceptors (Lipinski definition) is 4. The fourth-order valence-electron chi connectivity index (χ4n) is 3.85. The number of piperidine rings is 1. The molecule has 0 spiro atoms. The molecule has 26 heavy (non-hydrogen) atoms. The second-order valence-corrected chi connectivity index (χ2v) is 7.02. The first-order chi connectivity index (χ1) is 12.7. The van der Waals surface area contributed by atoms with Crippen LogP contribution < -0.4 is 4.74 Å². The Morgan fingerprint density at radius 1 is 1.04 bits per heavy atom. The van der Waals surface area contributed by atoms with Crippen LogP contribution in [0.4, 0.5) is 0 Å². The summed E-state index contributed by atoms with van der Waals surface area (Å²) in [6, 6.07) is 7.71. The number of para-hydroxylation sites is 1. The molecule has 2 saturated heterocycles. The Bertz CT molecular complexity index is 724. The molecule has 0 saturated carbocycles. The number of morpholine rings is 1. The molecule has 1 aromatic rings. The van der Waals surface area contributed by atoms with E-state index in [0.29, 0.717) is 45.0 Å². The molecular formula is C20H24N2O4. The molecule has 4 rings (SSSR count). The monoisotopic (exact) mass is 356 g/mol. The minimum atomic E-state index is -0.108. The highest BCUT2D eigenvalue weighted by molar-refractivity contribution is 5.99. The molecule has 0 N–H and O–H groups in total. The molecule has 1 atom stereocenters. The smallest absolute Gasteiger partial charge is 0.253 e. The summed E-state index contributed by atoms with van der Waals surface area (Å²) in [5.74, 6) is 0.843. The minimum Gasteiger partial charge on any atom is -0.488 e. The number of carbonyl (C=O) groups excluding carboxylic acids is 2. The first-order valence-corrected chi connectivity index (χ1v) is 9.30. The Morgan fingerprint density at radius 2 is 1.85 bits per heavy atom. The third-order valence-corrected chi connectivity index (χ3v) is 5.29. The number of rotatable bonds is 2. The average molecular weight is 356 g/mol. The van der Waals surface area contributed by atoms with Crippen LogP contribution in [0.1, 0.15) is 18.4 Å².